The topological polar surface area (TPSA) is 68.3 Å². The van der Waals surface area contributed by atoms with Gasteiger partial charge in [-0.3, -0.25) is 4.72 Å². The highest BCUT2D eigenvalue weighted by molar-refractivity contribution is 7.92. The fraction of sp³-hybridized carbons (Fsp3) is 0.500. The Kier molecular flexibility index (Phi) is 4.54. The molecule has 0 unspecified atom stereocenters. The maximum Gasteiger partial charge on any atom is 0.238 e. The molecule has 0 saturated carbocycles. The molecule has 1 heterocycles. The van der Waals surface area contributed by atoms with Crippen molar-refractivity contribution in [3.63, 3.8) is 0 Å². The van der Waals surface area contributed by atoms with E-state index in [0.29, 0.717) is 24.6 Å². The smallest absolute Gasteiger partial charge is 0.238 e. The monoisotopic (exact) mass is 244 g/mol. The van der Waals surface area contributed by atoms with Gasteiger partial charge in [-0.15, -0.1) is 0 Å². The first-order chi connectivity index (χ1) is 7.59. The van der Waals surface area contributed by atoms with Gasteiger partial charge in [0.05, 0.1) is 12.4 Å². The van der Waals surface area contributed by atoms with E-state index < -0.39 is 10.0 Å². The summed E-state index contributed by atoms with van der Waals surface area (Å²) in [5, 5.41) is 0. The van der Waals surface area contributed by atoms with Gasteiger partial charge in [0.2, 0.25) is 15.9 Å². The summed E-state index contributed by atoms with van der Waals surface area (Å²) >= 11 is 0. The number of hydrogen-bond donors (Lipinski definition) is 1. The van der Waals surface area contributed by atoms with Crippen molar-refractivity contribution in [1.29, 1.82) is 0 Å². The van der Waals surface area contributed by atoms with Crippen LogP contribution in [0.3, 0.4) is 0 Å². The second kappa shape index (κ2) is 5.69. The molecule has 0 aromatic carbocycles. The summed E-state index contributed by atoms with van der Waals surface area (Å²) < 4.78 is 30.8. The molecule has 16 heavy (non-hydrogen) atoms. The third-order valence-corrected chi connectivity index (χ3v) is 3.27. The van der Waals surface area contributed by atoms with E-state index in [0.717, 1.165) is 0 Å². The van der Waals surface area contributed by atoms with Crippen molar-refractivity contribution in [3.05, 3.63) is 18.3 Å². The molecule has 0 aliphatic rings. The number of nitrogens with one attached hydrogen (secondary N) is 1. The molecular weight excluding hydrogens is 228 g/mol. The van der Waals surface area contributed by atoms with Crippen molar-refractivity contribution in [2.24, 2.45) is 0 Å². The van der Waals surface area contributed by atoms with Gasteiger partial charge >= 0.3 is 0 Å². The standard InChI is InChI=1S/C10H16N2O3S/c1-3-8-16(13,14)12-9-6-5-7-11-10(9)15-4-2/h5-7,12H,3-4,8H2,1-2H3. The molecule has 0 atom stereocenters. The molecule has 1 aromatic rings. The molecule has 0 bridgehead atoms. The zero-order chi connectivity index (χ0) is 12.0. The van der Waals surface area contributed by atoms with E-state index in [1.54, 1.807) is 18.3 Å². The lowest BCUT2D eigenvalue weighted by Crippen LogP contribution is -2.17. The predicted molar refractivity (Wildman–Crippen MR) is 63.1 cm³/mol. The second-order valence-electron chi connectivity index (χ2n) is 3.21. The molecule has 5 nitrogen and oxygen atoms in total. The van der Waals surface area contributed by atoms with Gasteiger partial charge in [-0.05, 0) is 25.5 Å². The van der Waals surface area contributed by atoms with E-state index in [1.807, 2.05) is 13.8 Å². The van der Waals surface area contributed by atoms with E-state index in [4.69, 9.17) is 4.74 Å². The molecule has 0 saturated heterocycles. The lowest BCUT2D eigenvalue weighted by molar-refractivity contribution is 0.329. The normalized spacial score (nSPS) is 11.1. The Bertz CT molecular complexity index is 431. The maximum absolute atomic E-state index is 11.6. The Hall–Kier alpha value is -1.30. The van der Waals surface area contributed by atoms with Crippen molar-refractivity contribution in [3.8, 4) is 5.88 Å². The molecule has 0 radical (unpaired) electrons. The maximum atomic E-state index is 11.6. The number of rotatable bonds is 6. The van der Waals surface area contributed by atoms with E-state index in [1.165, 1.54) is 0 Å². The zero-order valence-electron chi connectivity index (χ0n) is 9.43. The van der Waals surface area contributed by atoms with E-state index in [9.17, 15) is 8.42 Å². The number of pyridine rings is 1. The minimum Gasteiger partial charge on any atom is -0.476 e. The molecule has 1 aromatic heterocycles. The summed E-state index contributed by atoms with van der Waals surface area (Å²) in [6.45, 7) is 4.07. The highest BCUT2D eigenvalue weighted by Crippen LogP contribution is 2.21. The highest BCUT2D eigenvalue weighted by atomic mass is 32.2. The van der Waals surface area contributed by atoms with Gasteiger partial charge in [-0.25, -0.2) is 13.4 Å². The van der Waals surface area contributed by atoms with Crippen LogP contribution in [0.25, 0.3) is 0 Å². The molecule has 0 aliphatic heterocycles. The van der Waals surface area contributed by atoms with Crippen molar-refractivity contribution in [1.82, 2.24) is 4.98 Å². The Labute approximate surface area is 95.9 Å². The highest BCUT2D eigenvalue weighted by Gasteiger charge is 2.12. The first kappa shape index (κ1) is 12.8. The van der Waals surface area contributed by atoms with Crippen LogP contribution in [0.1, 0.15) is 20.3 Å². The molecule has 6 heteroatoms. The zero-order valence-corrected chi connectivity index (χ0v) is 10.3. The van der Waals surface area contributed by atoms with Crippen LogP contribution in [-0.2, 0) is 10.0 Å². The number of aromatic nitrogens is 1. The van der Waals surface area contributed by atoms with Gasteiger partial charge in [0, 0.05) is 6.20 Å². The molecular formula is C10H16N2O3S. The SMILES string of the molecule is CCCS(=O)(=O)Nc1cccnc1OCC. The average molecular weight is 244 g/mol. The Morgan fingerprint density at radius 2 is 2.19 bits per heavy atom. The van der Waals surface area contributed by atoms with Crippen LogP contribution in [0.5, 0.6) is 5.88 Å². The molecule has 1 N–H and O–H groups in total. The molecule has 0 spiro atoms. The molecule has 90 valence electrons. The molecule has 0 fully saturated rings. The summed E-state index contributed by atoms with van der Waals surface area (Å²) in [6.07, 6.45) is 2.13. The Balaban J connectivity index is 2.88. The van der Waals surface area contributed by atoms with Crippen LogP contribution in [-0.4, -0.2) is 25.8 Å². The summed E-state index contributed by atoms with van der Waals surface area (Å²) in [6, 6.07) is 3.29. The molecule has 1 rings (SSSR count). The average Bonchev–Trinajstić information content (AvgIpc) is 2.20. The van der Waals surface area contributed by atoms with Crippen LogP contribution in [0.2, 0.25) is 0 Å². The Morgan fingerprint density at radius 1 is 1.44 bits per heavy atom. The minimum absolute atomic E-state index is 0.0907. The van der Waals surface area contributed by atoms with Gasteiger partial charge in [0.15, 0.2) is 0 Å². The largest absolute Gasteiger partial charge is 0.476 e. The number of ether oxygens (including phenoxy) is 1. The second-order valence-corrected chi connectivity index (χ2v) is 5.05. The lowest BCUT2D eigenvalue weighted by Gasteiger charge is -2.10. The fourth-order valence-electron chi connectivity index (χ4n) is 1.21. The minimum atomic E-state index is -3.30. The van der Waals surface area contributed by atoms with E-state index >= 15 is 0 Å². The molecule has 0 amide bonds. The third-order valence-electron chi connectivity index (χ3n) is 1.79. The Morgan fingerprint density at radius 3 is 2.81 bits per heavy atom. The van der Waals surface area contributed by atoms with Crippen molar-refractivity contribution < 1.29 is 13.2 Å². The predicted octanol–water partition coefficient (Wildman–Crippen LogP) is 1.63. The van der Waals surface area contributed by atoms with Crippen LogP contribution in [0, 0.1) is 0 Å². The van der Waals surface area contributed by atoms with Gasteiger partial charge in [-0.1, -0.05) is 6.92 Å². The van der Waals surface area contributed by atoms with Crippen LogP contribution in [0.4, 0.5) is 5.69 Å². The van der Waals surface area contributed by atoms with Crippen LogP contribution < -0.4 is 9.46 Å². The van der Waals surface area contributed by atoms with Crippen molar-refractivity contribution >= 4 is 15.7 Å². The van der Waals surface area contributed by atoms with Gasteiger partial charge < -0.3 is 4.74 Å². The van der Waals surface area contributed by atoms with E-state index in [2.05, 4.69) is 9.71 Å². The van der Waals surface area contributed by atoms with Crippen LogP contribution in [0.15, 0.2) is 18.3 Å². The third kappa shape index (κ3) is 3.69. The lowest BCUT2D eigenvalue weighted by atomic mass is 10.4. The van der Waals surface area contributed by atoms with Crippen LogP contribution >= 0.6 is 0 Å². The number of nitrogens with zero attached hydrogens (tertiary/aromatic N) is 1. The van der Waals surface area contributed by atoms with Gasteiger partial charge in [0.25, 0.3) is 0 Å². The summed E-state index contributed by atoms with van der Waals surface area (Å²) in [5.41, 5.74) is 0.387. The number of sulfonamides is 1. The van der Waals surface area contributed by atoms with Crippen molar-refractivity contribution in [2.75, 3.05) is 17.1 Å². The summed E-state index contributed by atoms with van der Waals surface area (Å²) in [5.74, 6) is 0.401. The van der Waals surface area contributed by atoms with Gasteiger partial charge in [0.1, 0.15) is 5.69 Å². The molecule has 0 aliphatic carbocycles. The van der Waals surface area contributed by atoms with Crippen molar-refractivity contribution in [2.45, 2.75) is 20.3 Å². The summed E-state index contributed by atoms with van der Waals surface area (Å²) in [4.78, 5) is 3.96. The quantitative estimate of drug-likeness (QED) is 0.825. The number of hydrogen-bond acceptors (Lipinski definition) is 4. The number of anilines is 1. The van der Waals surface area contributed by atoms with E-state index in [-0.39, 0.29) is 5.75 Å². The fourth-order valence-corrected chi connectivity index (χ4v) is 2.34. The summed E-state index contributed by atoms with van der Waals surface area (Å²) in [7, 11) is -3.30. The first-order valence-electron chi connectivity index (χ1n) is 5.17. The first-order valence-corrected chi connectivity index (χ1v) is 6.82. The van der Waals surface area contributed by atoms with Gasteiger partial charge in [-0.2, -0.15) is 0 Å².